The van der Waals surface area contributed by atoms with Gasteiger partial charge in [-0.15, -0.1) is 0 Å². The Morgan fingerprint density at radius 1 is 1.03 bits per heavy atom. The quantitative estimate of drug-likeness (QED) is 0.589. The van der Waals surface area contributed by atoms with Crippen molar-refractivity contribution in [3.8, 4) is 11.5 Å². The molecule has 3 rings (SSSR count). The van der Waals surface area contributed by atoms with Crippen LogP contribution in [0.3, 0.4) is 0 Å². The highest BCUT2D eigenvalue weighted by molar-refractivity contribution is 7.89. The van der Waals surface area contributed by atoms with Gasteiger partial charge in [-0.05, 0) is 18.2 Å². The van der Waals surface area contributed by atoms with Gasteiger partial charge < -0.3 is 19.5 Å². The van der Waals surface area contributed by atoms with Gasteiger partial charge in [-0.25, -0.2) is 8.42 Å². The molecule has 0 unspecified atom stereocenters. The first-order valence-electron chi connectivity index (χ1n) is 9.96. The van der Waals surface area contributed by atoms with Crippen LogP contribution in [0.25, 0.3) is 0 Å². The lowest BCUT2D eigenvalue weighted by molar-refractivity contribution is -0.125. The fraction of sp³-hybridized carbons (Fsp3) is 0.409. The lowest BCUT2D eigenvalue weighted by Crippen LogP contribution is -2.37. The first-order chi connectivity index (χ1) is 14.9. The maximum Gasteiger partial charge on any atom is 0.243 e. The number of rotatable bonds is 9. The molecule has 0 bridgehead atoms. The van der Waals surface area contributed by atoms with Crippen molar-refractivity contribution in [1.82, 2.24) is 9.62 Å². The van der Waals surface area contributed by atoms with Crippen LogP contribution in [0.15, 0.2) is 53.4 Å². The molecule has 1 aliphatic rings. The van der Waals surface area contributed by atoms with Gasteiger partial charge in [0.1, 0.15) is 0 Å². The Kier molecular flexibility index (Phi) is 7.53. The molecule has 0 saturated carbocycles. The van der Waals surface area contributed by atoms with Gasteiger partial charge in [0.05, 0.1) is 31.6 Å². The van der Waals surface area contributed by atoms with Gasteiger partial charge in [-0.2, -0.15) is 4.31 Å². The summed E-state index contributed by atoms with van der Waals surface area (Å²) in [5.41, 5.74) is 0.736. The van der Waals surface area contributed by atoms with E-state index in [0.717, 1.165) is 5.56 Å². The van der Waals surface area contributed by atoms with E-state index in [-0.39, 0.29) is 23.9 Å². The summed E-state index contributed by atoms with van der Waals surface area (Å²) in [5.74, 6) is -0.174. The number of carbonyl (C=O) groups excluding carboxylic acids is 1. The number of ether oxygens (including phenoxy) is 3. The molecule has 2 aromatic rings. The molecule has 1 saturated heterocycles. The van der Waals surface area contributed by atoms with Crippen LogP contribution in [-0.2, 0) is 19.6 Å². The molecule has 9 heteroatoms. The lowest BCUT2D eigenvalue weighted by Gasteiger charge is -2.21. The summed E-state index contributed by atoms with van der Waals surface area (Å²) in [5, 5.41) is 2.85. The summed E-state index contributed by atoms with van der Waals surface area (Å²) in [4.78, 5) is 13.2. The second-order valence-electron chi connectivity index (χ2n) is 7.21. The summed E-state index contributed by atoms with van der Waals surface area (Å²) in [7, 11) is 0.875. The molecule has 0 radical (unpaired) electrons. The molecule has 0 aliphatic carbocycles. The van der Waals surface area contributed by atoms with Crippen molar-refractivity contribution in [3.63, 3.8) is 0 Å². The molecule has 1 fully saturated rings. The van der Waals surface area contributed by atoms with E-state index in [4.69, 9.17) is 14.2 Å². The number of amides is 1. The molecule has 1 N–H and O–H groups in total. The summed E-state index contributed by atoms with van der Waals surface area (Å²) in [6, 6.07) is 13.7. The van der Waals surface area contributed by atoms with Gasteiger partial charge >= 0.3 is 0 Å². The maximum absolute atomic E-state index is 13.2. The van der Waals surface area contributed by atoms with E-state index in [1.165, 1.54) is 18.5 Å². The average molecular weight is 449 g/mol. The molecule has 31 heavy (non-hydrogen) atoms. The van der Waals surface area contributed by atoms with Crippen LogP contribution in [0.1, 0.15) is 11.5 Å². The Morgan fingerprint density at radius 3 is 2.42 bits per heavy atom. The zero-order chi connectivity index (χ0) is 22.4. The maximum atomic E-state index is 13.2. The molecule has 8 nitrogen and oxygen atoms in total. The normalized spacial score (nSPS) is 19.2. The Labute approximate surface area is 183 Å². The van der Waals surface area contributed by atoms with E-state index >= 15 is 0 Å². The predicted molar refractivity (Wildman–Crippen MR) is 116 cm³/mol. The number of sulfonamides is 1. The first-order valence-corrected chi connectivity index (χ1v) is 11.4. The van der Waals surface area contributed by atoms with Gasteiger partial charge in [0, 0.05) is 38.2 Å². The second kappa shape index (κ2) is 10.1. The molecule has 1 aliphatic heterocycles. The molecule has 168 valence electrons. The van der Waals surface area contributed by atoms with E-state index in [9.17, 15) is 13.2 Å². The fourth-order valence-corrected chi connectivity index (χ4v) is 5.41. The molecule has 2 atom stereocenters. The van der Waals surface area contributed by atoms with Crippen molar-refractivity contribution in [2.24, 2.45) is 5.92 Å². The van der Waals surface area contributed by atoms with Crippen LogP contribution in [0.5, 0.6) is 11.5 Å². The fourth-order valence-electron chi connectivity index (χ4n) is 3.90. The molecule has 1 heterocycles. The standard InChI is InChI=1S/C22H28N2O6S/c1-28-13-12-23-22(25)19-15-24(31(26,27)16-8-5-4-6-9-16)14-18(19)17-10-7-11-20(29-2)21(17)30-3/h4-11,18-19H,12-15H2,1-3H3,(H,23,25)/t18-,19+/m1/s1. The second-order valence-corrected chi connectivity index (χ2v) is 9.15. The first kappa shape index (κ1) is 23.1. The molecule has 0 aromatic heterocycles. The number of nitrogens with one attached hydrogen (secondary N) is 1. The SMILES string of the molecule is COCCNC(=O)[C@H]1CN(S(=O)(=O)c2ccccc2)C[C@@H]1c1cccc(OC)c1OC. The Hall–Kier alpha value is -2.62. The number of methoxy groups -OCH3 is 3. The van der Waals surface area contributed by atoms with Crippen molar-refractivity contribution >= 4 is 15.9 Å². The molecular formula is C22H28N2O6S. The van der Waals surface area contributed by atoms with Crippen LogP contribution in [0, 0.1) is 5.92 Å². The molecule has 2 aromatic carbocycles. The van der Waals surface area contributed by atoms with Crippen LogP contribution in [-0.4, -0.2) is 66.2 Å². The van der Waals surface area contributed by atoms with Crippen molar-refractivity contribution in [2.75, 3.05) is 47.6 Å². The molecular weight excluding hydrogens is 420 g/mol. The van der Waals surface area contributed by atoms with Crippen molar-refractivity contribution in [1.29, 1.82) is 0 Å². The van der Waals surface area contributed by atoms with E-state index in [1.54, 1.807) is 43.5 Å². The Balaban J connectivity index is 1.98. The smallest absolute Gasteiger partial charge is 0.243 e. The Morgan fingerprint density at radius 2 is 1.77 bits per heavy atom. The summed E-state index contributed by atoms with van der Waals surface area (Å²) >= 11 is 0. The minimum Gasteiger partial charge on any atom is -0.493 e. The van der Waals surface area contributed by atoms with E-state index < -0.39 is 21.9 Å². The van der Waals surface area contributed by atoms with E-state index in [1.807, 2.05) is 12.1 Å². The summed E-state index contributed by atoms with van der Waals surface area (Å²) in [6.45, 7) is 0.945. The summed E-state index contributed by atoms with van der Waals surface area (Å²) in [6.07, 6.45) is 0. The minimum atomic E-state index is -3.75. The van der Waals surface area contributed by atoms with Gasteiger partial charge in [-0.1, -0.05) is 30.3 Å². The van der Waals surface area contributed by atoms with Crippen molar-refractivity contribution in [3.05, 3.63) is 54.1 Å². The van der Waals surface area contributed by atoms with Crippen LogP contribution < -0.4 is 14.8 Å². The highest BCUT2D eigenvalue weighted by Gasteiger charge is 2.44. The van der Waals surface area contributed by atoms with Gasteiger partial charge in [0.25, 0.3) is 0 Å². The van der Waals surface area contributed by atoms with Gasteiger partial charge in [-0.3, -0.25) is 4.79 Å². The van der Waals surface area contributed by atoms with Crippen LogP contribution >= 0.6 is 0 Å². The number of nitrogens with zero attached hydrogens (tertiary/aromatic N) is 1. The monoisotopic (exact) mass is 448 g/mol. The van der Waals surface area contributed by atoms with Crippen molar-refractivity contribution in [2.45, 2.75) is 10.8 Å². The lowest BCUT2D eigenvalue weighted by atomic mass is 9.87. The number of carbonyl (C=O) groups is 1. The van der Waals surface area contributed by atoms with Crippen LogP contribution in [0.2, 0.25) is 0 Å². The Bertz CT molecular complexity index is 996. The third kappa shape index (κ3) is 4.84. The van der Waals surface area contributed by atoms with Gasteiger partial charge in [0.15, 0.2) is 11.5 Å². The zero-order valence-electron chi connectivity index (χ0n) is 17.9. The van der Waals surface area contributed by atoms with E-state index in [2.05, 4.69) is 5.32 Å². The third-order valence-corrected chi connectivity index (χ3v) is 7.29. The molecule has 0 spiro atoms. The molecule has 1 amide bonds. The highest BCUT2D eigenvalue weighted by Crippen LogP contribution is 2.43. The minimum absolute atomic E-state index is 0.0705. The number of hydrogen-bond acceptors (Lipinski definition) is 6. The number of para-hydroxylation sites is 1. The number of benzene rings is 2. The number of hydrogen-bond donors (Lipinski definition) is 1. The van der Waals surface area contributed by atoms with Crippen molar-refractivity contribution < 1.29 is 27.4 Å². The van der Waals surface area contributed by atoms with E-state index in [0.29, 0.717) is 24.7 Å². The summed E-state index contributed by atoms with van der Waals surface area (Å²) < 4.78 is 43.8. The largest absolute Gasteiger partial charge is 0.493 e. The zero-order valence-corrected chi connectivity index (χ0v) is 18.7. The van der Waals surface area contributed by atoms with Crippen LogP contribution in [0.4, 0.5) is 0 Å². The average Bonchev–Trinajstić information content (AvgIpc) is 3.25. The van der Waals surface area contributed by atoms with Gasteiger partial charge in [0.2, 0.25) is 15.9 Å². The third-order valence-electron chi connectivity index (χ3n) is 5.44. The topological polar surface area (TPSA) is 94.2 Å². The predicted octanol–water partition coefficient (Wildman–Crippen LogP) is 1.87. The highest BCUT2D eigenvalue weighted by atomic mass is 32.2.